The fourth-order valence-corrected chi connectivity index (χ4v) is 4.67. The van der Waals surface area contributed by atoms with E-state index in [9.17, 15) is 13.2 Å². The molecule has 7 nitrogen and oxygen atoms in total. The van der Waals surface area contributed by atoms with Crippen LogP contribution in [0, 0.1) is 5.92 Å². The molecule has 1 aromatic rings. The van der Waals surface area contributed by atoms with Crippen molar-refractivity contribution in [3.8, 4) is 5.75 Å². The van der Waals surface area contributed by atoms with E-state index in [2.05, 4.69) is 4.90 Å². The van der Waals surface area contributed by atoms with Gasteiger partial charge in [-0.05, 0) is 25.0 Å². The Hall–Kier alpha value is -1.80. The Morgan fingerprint density at radius 2 is 1.81 bits per heavy atom. The van der Waals surface area contributed by atoms with Gasteiger partial charge in [-0.1, -0.05) is 12.1 Å². The lowest BCUT2D eigenvalue weighted by molar-refractivity contribution is -0.137. The van der Waals surface area contributed by atoms with Crippen molar-refractivity contribution in [1.29, 1.82) is 0 Å². The molecule has 2 saturated heterocycles. The molecular weight excluding hydrogens is 354 g/mol. The minimum atomic E-state index is -3.24. The summed E-state index contributed by atoms with van der Waals surface area (Å²) in [5.74, 6) is 0.692. The average molecular weight is 381 g/mol. The van der Waals surface area contributed by atoms with Crippen molar-refractivity contribution < 1.29 is 17.9 Å². The third-order valence-electron chi connectivity index (χ3n) is 5.22. The summed E-state index contributed by atoms with van der Waals surface area (Å²) in [4.78, 5) is 17.0. The molecule has 3 rings (SSSR count). The first-order chi connectivity index (χ1) is 12.4. The van der Waals surface area contributed by atoms with Crippen LogP contribution in [-0.2, 0) is 14.8 Å². The smallest absolute Gasteiger partial charge is 0.227 e. The van der Waals surface area contributed by atoms with Gasteiger partial charge in [-0.25, -0.2) is 12.7 Å². The van der Waals surface area contributed by atoms with Gasteiger partial charge >= 0.3 is 0 Å². The Bertz CT molecular complexity index is 745. The van der Waals surface area contributed by atoms with Crippen LogP contribution in [0.4, 0.5) is 5.69 Å². The van der Waals surface area contributed by atoms with E-state index < -0.39 is 10.0 Å². The van der Waals surface area contributed by atoms with Crippen LogP contribution >= 0.6 is 0 Å². The van der Waals surface area contributed by atoms with Crippen molar-refractivity contribution in [3.63, 3.8) is 0 Å². The largest absolute Gasteiger partial charge is 0.495 e. The van der Waals surface area contributed by atoms with Crippen LogP contribution < -0.4 is 9.64 Å². The molecule has 2 fully saturated rings. The number of sulfonamides is 1. The number of carbonyl (C=O) groups is 1. The highest BCUT2D eigenvalue weighted by Crippen LogP contribution is 2.29. The number of carbonyl (C=O) groups excluding carboxylic acids is 1. The Labute approximate surface area is 155 Å². The fraction of sp³-hybridized carbons (Fsp3) is 0.611. The number of benzene rings is 1. The maximum Gasteiger partial charge on any atom is 0.227 e. The van der Waals surface area contributed by atoms with Gasteiger partial charge in [0, 0.05) is 39.3 Å². The third kappa shape index (κ3) is 4.12. The second-order valence-corrected chi connectivity index (χ2v) is 8.93. The molecule has 0 radical (unpaired) electrons. The fourth-order valence-electron chi connectivity index (χ4n) is 3.76. The molecule has 2 aliphatic rings. The van der Waals surface area contributed by atoms with Crippen LogP contribution in [0.25, 0.3) is 0 Å². The van der Waals surface area contributed by atoms with E-state index in [0.717, 1.165) is 37.4 Å². The number of methoxy groups -OCH3 is 1. The van der Waals surface area contributed by atoms with Crippen molar-refractivity contribution >= 4 is 21.6 Å². The second kappa shape index (κ2) is 7.84. The molecule has 144 valence electrons. The van der Waals surface area contributed by atoms with Gasteiger partial charge in [-0.15, -0.1) is 0 Å². The van der Waals surface area contributed by atoms with E-state index in [4.69, 9.17) is 4.74 Å². The van der Waals surface area contributed by atoms with Crippen LogP contribution in [-0.4, -0.2) is 76.2 Å². The molecule has 26 heavy (non-hydrogen) atoms. The second-order valence-electron chi connectivity index (χ2n) is 6.94. The van der Waals surface area contributed by atoms with Gasteiger partial charge in [0.2, 0.25) is 15.9 Å². The molecule has 0 aromatic heterocycles. The highest BCUT2D eigenvalue weighted by molar-refractivity contribution is 7.88. The van der Waals surface area contributed by atoms with Crippen molar-refractivity contribution in [2.45, 2.75) is 12.8 Å². The normalized spacial score (nSPS) is 22.3. The molecule has 8 heteroatoms. The topological polar surface area (TPSA) is 70.2 Å². The molecule has 0 saturated carbocycles. The first-order valence-electron chi connectivity index (χ1n) is 9.02. The van der Waals surface area contributed by atoms with E-state index in [-0.39, 0.29) is 11.8 Å². The summed E-state index contributed by atoms with van der Waals surface area (Å²) in [7, 11) is -1.57. The summed E-state index contributed by atoms with van der Waals surface area (Å²) < 4.78 is 30.4. The molecular formula is C18H27N3O4S. The standard InChI is InChI=1S/C18H27N3O4S/c1-25-17-8-4-3-7-16(17)19-10-12-20(13-11-19)18(22)15-6-5-9-21(14-15)26(2,23)24/h3-4,7-8,15H,5-6,9-14H2,1-2H3/t15-/m1/s1. The van der Waals surface area contributed by atoms with Gasteiger partial charge in [-0.2, -0.15) is 0 Å². The maximum absolute atomic E-state index is 12.9. The molecule has 1 atom stereocenters. The molecule has 0 bridgehead atoms. The van der Waals surface area contributed by atoms with Gasteiger partial charge in [0.25, 0.3) is 0 Å². The minimum absolute atomic E-state index is 0.0815. The maximum atomic E-state index is 12.9. The summed E-state index contributed by atoms with van der Waals surface area (Å²) in [5.41, 5.74) is 1.04. The predicted molar refractivity (Wildman–Crippen MR) is 101 cm³/mol. The van der Waals surface area contributed by atoms with Crippen LogP contribution in [0.5, 0.6) is 5.75 Å². The SMILES string of the molecule is COc1ccccc1N1CCN(C(=O)[C@@H]2CCCN(S(C)(=O)=O)C2)CC1. The zero-order valence-electron chi connectivity index (χ0n) is 15.4. The number of piperidine rings is 1. The van der Waals surface area contributed by atoms with Gasteiger partial charge in [0.15, 0.2) is 0 Å². The van der Waals surface area contributed by atoms with Crippen LogP contribution in [0.1, 0.15) is 12.8 Å². The first-order valence-corrected chi connectivity index (χ1v) is 10.9. The van der Waals surface area contributed by atoms with E-state index in [1.54, 1.807) is 7.11 Å². The summed E-state index contributed by atoms with van der Waals surface area (Å²) in [5, 5.41) is 0. The van der Waals surface area contributed by atoms with E-state index >= 15 is 0 Å². The number of nitrogens with zero attached hydrogens (tertiary/aromatic N) is 3. The Balaban J connectivity index is 1.60. The Morgan fingerprint density at radius 1 is 1.12 bits per heavy atom. The monoisotopic (exact) mass is 381 g/mol. The third-order valence-corrected chi connectivity index (χ3v) is 6.49. The van der Waals surface area contributed by atoms with E-state index in [0.29, 0.717) is 26.2 Å². The highest BCUT2D eigenvalue weighted by Gasteiger charge is 2.33. The molecule has 2 heterocycles. The quantitative estimate of drug-likeness (QED) is 0.779. The summed E-state index contributed by atoms with van der Waals surface area (Å²) >= 11 is 0. The minimum Gasteiger partial charge on any atom is -0.495 e. The zero-order chi connectivity index (χ0) is 18.7. The number of ether oxygens (including phenoxy) is 1. The number of para-hydroxylation sites is 2. The molecule has 2 aliphatic heterocycles. The summed E-state index contributed by atoms with van der Waals surface area (Å²) in [6.07, 6.45) is 2.72. The lowest BCUT2D eigenvalue weighted by Gasteiger charge is -2.39. The lowest BCUT2D eigenvalue weighted by Crippen LogP contribution is -2.53. The Kier molecular flexibility index (Phi) is 5.72. The predicted octanol–water partition coefficient (Wildman–Crippen LogP) is 1.02. The van der Waals surface area contributed by atoms with Gasteiger partial charge in [-0.3, -0.25) is 4.79 Å². The van der Waals surface area contributed by atoms with Crippen molar-refractivity contribution in [2.75, 3.05) is 57.5 Å². The van der Waals surface area contributed by atoms with Gasteiger partial charge in [0.05, 0.1) is 25.0 Å². The lowest BCUT2D eigenvalue weighted by atomic mass is 9.97. The number of rotatable bonds is 4. The van der Waals surface area contributed by atoms with E-state index in [1.807, 2.05) is 29.2 Å². The Morgan fingerprint density at radius 3 is 2.46 bits per heavy atom. The average Bonchev–Trinajstić information content (AvgIpc) is 2.67. The van der Waals surface area contributed by atoms with Gasteiger partial charge in [0.1, 0.15) is 5.75 Å². The van der Waals surface area contributed by atoms with Crippen molar-refractivity contribution in [3.05, 3.63) is 24.3 Å². The molecule has 0 spiro atoms. The molecule has 0 unspecified atom stereocenters. The molecule has 0 N–H and O–H groups in total. The first kappa shape index (κ1) is 19.0. The number of hydrogen-bond acceptors (Lipinski definition) is 5. The number of hydrogen-bond donors (Lipinski definition) is 0. The summed E-state index contributed by atoms with van der Waals surface area (Å²) in [6, 6.07) is 7.89. The van der Waals surface area contributed by atoms with E-state index in [1.165, 1.54) is 10.6 Å². The highest BCUT2D eigenvalue weighted by atomic mass is 32.2. The number of piperazine rings is 1. The van der Waals surface area contributed by atoms with Crippen LogP contribution in [0.15, 0.2) is 24.3 Å². The number of amides is 1. The van der Waals surface area contributed by atoms with Crippen LogP contribution in [0.3, 0.4) is 0 Å². The number of anilines is 1. The summed E-state index contributed by atoms with van der Waals surface area (Å²) in [6.45, 7) is 3.61. The molecule has 1 amide bonds. The van der Waals surface area contributed by atoms with Gasteiger partial charge < -0.3 is 14.5 Å². The zero-order valence-corrected chi connectivity index (χ0v) is 16.2. The van der Waals surface area contributed by atoms with Crippen molar-refractivity contribution in [1.82, 2.24) is 9.21 Å². The van der Waals surface area contributed by atoms with Crippen LogP contribution in [0.2, 0.25) is 0 Å². The van der Waals surface area contributed by atoms with Crippen molar-refractivity contribution in [2.24, 2.45) is 5.92 Å². The molecule has 1 aromatic carbocycles. The molecule has 0 aliphatic carbocycles.